The average Bonchev–Trinajstić information content (AvgIpc) is 2.43. The maximum Gasteiger partial charge on any atom is 0.245 e. The Hall–Kier alpha value is -1.14. The van der Waals surface area contributed by atoms with E-state index < -0.39 is 6.04 Å². The molecule has 0 aromatic rings. The molecule has 0 saturated carbocycles. The maximum atomic E-state index is 12.4. The number of hydrogen-bond acceptors (Lipinski definition) is 4. The first-order valence-corrected chi connectivity index (χ1v) is 7.37. The van der Waals surface area contributed by atoms with Gasteiger partial charge in [0.15, 0.2) is 0 Å². The molecule has 1 heterocycles. The van der Waals surface area contributed by atoms with Crippen molar-refractivity contribution in [2.75, 3.05) is 26.3 Å². The zero-order valence-corrected chi connectivity index (χ0v) is 12.7. The van der Waals surface area contributed by atoms with E-state index in [1.807, 2.05) is 20.8 Å². The molecular formula is C14H27N3O3. The molecule has 0 aromatic heterocycles. The van der Waals surface area contributed by atoms with Gasteiger partial charge in [-0.15, -0.1) is 0 Å². The third-order valence-corrected chi connectivity index (χ3v) is 3.56. The Balaban J connectivity index is 2.68. The van der Waals surface area contributed by atoms with Crippen LogP contribution in [0.5, 0.6) is 0 Å². The van der Waals surface area contributed by atoms with Crippen molar-refractivity contribution in [2.45, 2.75) is 45.7 Å². The normalized spacial score (nSPS) is 20.9. The second-order valence-electron chi connectivity index (χ2n) is 5.56. The Labute approximate surface area is 121 Å². The monoisotopic (exact) mass is 285 g/mol. The molecular weight excluding hydrogens is 258 g/mol. The van der Waals surface area contributed by atoms with E-state index in [2.05, 4.69) is 5.32 Å². The minimum absolute atomic E-state index is 0.00509. The van der Waals surface area contributed by atoms with Gasteiger partial charge in [-0.1, -0.05) is 13.3 Å². The van der Waals surface area contributed by atoms with Gasteiger partial charge in [-0.2, -0.15) is 0 Å². The highest BCUT2D eigenvalue weighted by molar-refractivity contribution is 5.88. The zero-order chi connectivity index (χ0) is 15.1. The molecule has 1 fully saturated rings. The number of ether oxygens (including phenoxy) is 1. The van der Waals surface area contributed by atoms with Gasteiger partial charge in [0.05, 0.1) is 13.2 Å². The van der Waals surface area contributed by atoms with Gasteiger partial charge >= 0.3 is 0 Å². The van der Waals surface area contributed by atoms with Crippen LogP contribution in [0.1, 0.15) is 33.6 Å². The highest BCUT2D eigenvalue weighted by Gasteiger charge is 2.33. The van der Waals surface area contributed by atoms with Gasteiger partial charge in [-0.25, -0.2) is 0 Å². The predicted octanol–water partition coefficient (Wildman–Crippen LogP) is 0.113. The standard InChI is InChI=1S/C14H27N3O3/c1-4-11(8-15)7-13(18)17-5-6-20-9-12(17)14(19)16-10(2)3/h10-12H,4-9,15H2,1-3H3,(H,16,19). The first-order valence-electron chi connectivity index (χ1n) is 7.37. The van der Waals surface area contributed by atoms with Crippen LogP contribution in [0.2, 0.25) is 0 Å². The number of nitrogens with two attached hydrogens (primary N) is 1. The second-order valence-corrected chi connectivity index (χ2v) is 5.56. The smallest absolute Gasteiger partial charge is 0.245 e. The fraction of sp³-hybridized carbons (Fsp3) is 0.857. The Morgan fingerprint density at radius 1 is 1.45 bits per heavy atom. The Morgan fingerprint density at radius 2 is 2.15 bits per heavy atom. The van der Waals surface area contributed by atoms with E-state index in [1.165, 1.54) is 0 Å². The zero-order valence-electron chi connectivity index (χ0n) is 12.7. The first-order chi connectivity index (χ1) is 9.49. The molecule has 2 amide bonds. The quantitative estimate of drug-likeness (QED) is 0.725. The fourth-order valence-electron chi connectivity index (χ4n) is 2.26. The van der Waals surface area contributed by atoms with Crippen LogP contribution in [0.4, 0.5) is 0 Å². The molecule has 0 aromatic carbocycles. The summed E-state index contributed by atoms with van der Waals surface area (Å²) in [5.41, 5.74) is 5.65. The van der Waals surface area contributed by atoms with Gasteiger partial charge in [0.2, 0.25) is 11.8 Å². The molecule has 0 spiro atoms. The average molecular weight is 285 g/mol. The lowest BCUT2D eigenvalue weighted by Crippen LogP contribution is -2.57. The van der Waals surface area contributed by atoms with Crippen LogP contribution in [-0.2, 0) is 14.3 Å². The van der Waals surface area contributed by atoms with E-state index in [1.54, 1.807) is 4.90 Å². The van der Waals surface area contributed by atoms with Gasteiger partial charge in [0, 0.05) is 19.0 Å². The van der Waals surface area contributed by atoms with Crippen molar-refractivity contribution in [1.82, 2.24) is 10.2 Å². The highest BCUT2D eigenvalue weighted by Crippen LogP contribution is 2.14. The molecule has 0 radical (unpaired) electrons. The van der Waals surface area contributed by atoms with Gasteiger partial charge in [0.1, 0.15) is 6.04 Å². The van der Waals surface area contributed by atoms with Crippen molar-refractivity contribution in [3.05, 3.63) is 0 Å². The summed E-state index contributed by atoms with van der Waals surface area (Å²) in [7, 11) is 0. The lowest BCUT2D eigenvalue weighted by atomic mass is 10.0. The number of nitrogens with one attached hydrogen (secondary N) is 1. The van der Waals surface area contributed by atoms with Crippen molar-refractivity contribution >= 4 is 11.8 Å². The number of rotatable bonds is 6. The summed E-state index contributed by atoms with van der Waals surface area (Å²) in [6.45, 7) is 7.53. The molecule has 0 aliphatic carbocycles. The minimum Gasteiger partial charge on any atom is -0.377 e. The predicted molar refractivity (Wildman–Crippen MR) is 77.1 cm³/mol. The molecule has 3 N–H and O–H groups in total. The van der Waals surface area contributed by atoms with Crippen molar-refractivity contribution in [3.8, 4) is 0 Å². The molecule has 2 atom stereocenters. The van der Waals surface area contributed by atoms with E-state index in [0.717, 1.165) is 6.42 Å². The molecule has 1 aliphatic heterocycles. The van der Waals surface area contributed by atoms with Gasteiger partial charge in [-0.05, 0) is 26.3 Å². The summed E-state index contributed by atoms with van der Waals surface area (Å²) in [6.07, 6.45) is 1.27. The molecule has 116 valence electrons. The van der Waals surface area contributed by atoms with Crippen LogP contribution in [0, 0.1) is 5.92 Å². The summed E-state index contributed by atoms with van der Waals surface area (Å²) < 4.78 is 5.34. The molecule has 0 bridgehead atoms. The van der Waals surface area contributed by atoms with Crippen molar-refractivity contribution in [3.63, 3.8) is 0 Å². The second kappa shape index (κ2) is 8.21. The number of carbonyl (C=O) groups excluding carboxylic acids is 2. The summed E-state index contributed by atoms with van der Waals surface area (Å²) in [5, 5.41) is 2.84. The van der Waals surface area contributed by atoms with E-state index in [0.29, 0.717) is 26.1 Å². The number of nitrogens with zero attached hydrogens (tertiary/aromatic N) is 1. The lowest BCUT2D eigenvalue weighted by Gasteiger charge is -2.35. The minimum atomic E-state index is -0.520. The number of carbonyl (C=O) groups is 2. The number of hydrogen-bond donors (Lipinski definition) is 2. The van der Waals surface area contributed by atoms with Crippen LogP contribution in [-0.4, -0.2) is 55.1 Å². The third-order valence-electron chi connectivity index (χ3n) is 3.56. The van der Waals surface area contributed by atoms with Crippen LogP contribution in [0.3, 0.4) is 0 Å². The van der Waals surface area contributed by atoms with Gasteiger partial charge in [0.25, 0.3) is 0 Å². The van der Waals surface area contributed by atoms with E-state index in [4.69, 9.17) is 10.5 Å². The van der Waals surface area contributed by atoms with Crippen LogP contribution >= 0.6 is 0 Å². The van der Waals surface area contributed by atoms with Crippen molar-refractivity contribution < 1.29 is 14.3 Å². The largest absolute Gasteiger partial charge is 0.377 e. The van der Waals surface area contributed by atoms with Crippen molar-refractivity contribution in [1.29, 1.82) is 0 Å². The molecule has 6 heteroatoms. The number of morpholine rings is 1. The van der Waals surface area contributed by atoms with Crippen molar-refractivity contribution in [2.24, 2.45) is 11.7 Å². The summed E-state index contributed by atoms with van der Waals surface area (Å²) in [5.74, 6) is 0.0301. The summed E-state index contributed by atoms with van der Waals surface area (Å²) in [4.78, 5) is 26.1. The van der Waals surface area contributed by atoms with E-state index >= 15 is 0 Å². The third kappa shape index (κ3) is 4.76. The Kier molecular flexibility index (Phi) is 6.95. The van der Waals surface area contributed by atoms with Gasteiger partial charge in [-0.3, -0.25) is 9.59 Å². The summed E-state index contributed by atoms with van der Waals surface area (Å²) >= 11 is 0. The van der Waals surface area contributed by atoms with E-state index in [-0.39, 0.29) is 30.4 Å². The molecule has 1 rings (SSSR count). The first kappa shape index (κ1) is 16.9. The van der Waals surface area contributed by atoms with Crippen LogP contribution < -0.4 is 11.1 Å². The molecule has 2 unspecified atom stereocenters. The molecule has 20 heavy (non-hydrogen) atoms. The molecule has 6 nitrogen and oxygen atoms in total. The van der Waals surface area contributed by atoms with Crippen LogP contribution in [0.25, 0.3) is 0 Å². The summed E-state index contributed by atoms with van der Waals surface area (Å²) in [6, 6.07) is -0.470. The lowest BCUT2D eigenvalue weighted by molar-refractivity contribution is -0.149. The molecule has 1 aliphatic rings. The van der Waals surface area contributed by atoms with E-state index in [9.17, 15) is 9.59 Å². The SMILES string of the molecule is CCC(CN)CC(=O)N1CCOCC1C(=O)NC(C)C. The Bertz CT molecular complexity index is 330. The maximum absolute atomic E-state index is 12.4. The molecule has 1 saturated heterocycles. The Morgan fingerprint density at radius 3 is 2.70 bits per heavy atom. The van der Waals surface area contributed by atoms with Crippen LogP contribution in [0.15, 0.2) is 0 Å². The highest BCUT2D eigenvalue weighted by atomic mass is 16.5. The number of amides is 2. The fourth-order valence-corrected chi connectivity index (χ4v) is 2.26. The topological polar surface area (TPSA) is 84.7 Å². The van der Waals surface area contributed by atoms with Gasteiger partial charge < -0.3 is 20.7 Å².